The SMILES string of the molecule is CC(C#N)NC1CC1. The Hall–Kier alpha value is -0.550. The Morgan fingerprint density at radius 1 is 1.75 bits per heavy atom. The van der Waals surface area contributed by atoms with E-state index in [0.717, 1.165) is 0 Å². The molecule has 1 aliphatic carbocycles. The highest BCUT2D eigenvalue weighted by Gasteiger charge is 2.22. The molecule has 0 aliphatic heterocycles. The van der Waals surface area contributed by atoms with Crippen molar-refractivity contribution < 1.29 is 0 Å². The molecule has 1 saturated carbocycles. The van der Waals surface area contributed by atoms with Gasteiger partial charge in [0, 0.05) is 6.04 Å². The fourth-order valence-electron chi connectivity index (χ4n) is 0.641. The summed E-state index contributed by atoms with van der Waals surface area (Å²) in [5.74, 6) is 0. The van der Waals surface area contributed by atoms with Crippen molar-refractivity contribution in [1.82, 2.24) is 5.32 Å². The summed E-state index contributed by atoms with van der Waals surface area (Å²) >= 11 is 0. The third kappa shape index (κ3) is 1.51. The zero-order valence-electron chi connectivity index (χ0n) is 5.02. The first-order valence-electron chi connectivity index (χ1n) is 2.98. The van der Waals surface area contributed by atoms with Crippen LogP contribution in [0.1, 0.15) is 19.8 Å². The van der Waals surface area contributed by atoms with Gasteiger partial charge in [0.25, 0.3) is 0 Å². The van der Waals surface area contributed by atoms with Crippen molar-refractivity contribution in [3.63, 3.8) is 0 Å². The number of hydrogen-bond donors (Lipinski definition) is 1. The van der Waals surface area contributed by atoms with Crippen molar-refractivity contribution in [1.29, 1.82) is 5.26 Å². The normalized spacial score (nSPS) is 22.0. The molecule has 0 radical (unpaired) electrons. The van der Waals surface area contributed by atoms with Gasteiger partial charge in [-0.2, -0.15) is 5.26 Å². The van der Waals surface area contributed by atoms with Crippen LogP contribution >= 0.6 is 0 Å². The molecule has 0 amide bonds. The van der Waals surface area contributed by atoms with Crippen LogP contribution in [0.25, 0.3) is 0 Å². The summed E-state index contributed by atoms with van der Waals surface area (Å²) in [5, 5.41) is 11.4. The van der Waals surface area contributed by atoms with Crippen molar-refractivity contribution in [2.24, 2.45) is 0 Å². The van der Waals surface area contributed by atoms with E-state index >= 15 is 0 Å². The van der Waals surface area contributed by atoms with Crippen LogP contribution in [0.4, 0.5) is 0 Å². The summed E-state index contributed by atoms with van der Waals surface area (Å²) in [6.07, 6.45) is 2.51. The summed E-state index contributed by atoms with van der Waals surface area (Å²) in [6.45, 7) is 1.89. The molecule has 0 aromatic rings. The first-order chi connectivity index (χ1) is 3.83. The largest absolute Gasteiger partial charge is 0.299 e. The van der Waals surface area contributed by atoms with Gasteiger partial charge in [0.2, 0.25) is 0 Å². The Balaban J connectivity index is 2.09. The zero-order valence-corrected chi connectivity index (χ0v) is 5.02. The number of nitriles is 1. The van der Waals surface area contributed by atoms with E-state index in [0.29, 0.717) is 6.04 Å². The lowest BCUT2D eigenvalue weighted by Gasteiger charge is -2.00. The molecule has 1 rings (SSSR count). The molecule has 1 aliphatic rings. The van der Waals surface area contributed by atoms with Crippen LogP contribution in [0, 0.1) is 11.3 Å². The zero-order chi connectivity index (χ0) is 5.98. The molecule has 0 spiro atoms. The summed E-state index contributed by atoms with van der Waals surface area (Å²) < 4.78 is 0. The van der Waals surface area contributed by atoms with Gasteiger partial charge in [-0.05, 0) is 19.8 Å². The molecule has 44 valence electrons. The highest BCUT2D eigenvalue weighted by atomic mass is 15.0. The highest BCUT2D eigenvalue weighted by Crippen LogP contribution is 2.18. The van der Waals surface area contributed by atoms with Gasteiger partial charge < -0.3 is 0 Å². The Labute approximate surface area is 49.5 Å². The van der Waals surface area contributed by atoms with E-state index in [-0.39, 0.29) is 6.04 Å². The van der Waals surface area contributed by atoms with E-state index in [4.69, 9.17) is 5.26 Å². The Morgan fingerprint density at radius 2 is 2.38 bits per heavy atom. The van der Waals surface area contributed by atoms with Crippen molar-refractivity contribution in [3.05, 3.63) is 0 Å². The monoisotopic (exact) mass is 110 g/mol. The van der Waals surface area contributed by atoms with Crippen molar-refractivity contribution in [3.8, 4) is 6.07 Å². The van der Waals surface area contributed by atoms with E-state index in [1.807, 2.05) is 6.92 Å². The lowest BCUT2D eigenvalue weighted by Crippen LogP contribution is -2.25. The quantitative estimate of drug-likeness (QED) is 0.566. The van der Waals surface area contributed by atoms with Crippen LogP contribution < -0.4 is 5.32 Å². The molecule has 1 fully saturated rings. The molecule has 1 atom stereocenters. The van der Waals surface area contributed by atoms with Crippen molar-refractivity contribution in [2.75, 3.05) is 0 Å². The third-order valence-corrected chi connectivity index (χ3v) is 1.26. The fraction of sp³-hybridized carbons (Fsp3) is 0.833. The molecular formula is C6H10N2. The van der Waals surface area contributed by atoms with Gasteiger partial charge in [0.1, 0.15) is 0 Å². The second-order valence-electron chi connectivity index (χ2n) is 2.29. The molecule has 0 aromatic carbocycles. The molecule has 2 heteroatoms. The van der Waals surface area contributed by atoms with Crippen LogP contribution in [0.15, 0.2) is 0 Å². The van der Waals surface area contributed by atoms with Crippen molar-refractivity contribution in [2.45, 2.75) is 31.8 Å². The second-order valence-corrected chi connectivity index (χ2v) is 2.29. The number of nitrogens with one attached hydrogen (secondary N) is 1. The molecule has 1 unspecified atom stereocenters. The predicted octanol–water partition coefficient (Wildman–Crippen LogP) is 0.650. The van der Waals surface area contributed by atoms with Crippen LogP contribution in [-0.2, 0) is 0 Å². The topological polar surface area (TPSA) is 35.8 Å². The first-order valence-corrected chi connectivity index (χ1v) is 2.98. The predicted molar refractivity (Wildman–Crippen MR) is 31.2 cm³/mol. The van der Waals surface area contributed by atoms with Gasteiger partial charge >= 0.3 is 0 Å². The van der Waals surface area contributed by atoms with Gasteiger partial charge in [-0.1, -0.05) is 0 Å². The minimum atomic E-state index is 0.0440. The van der Waals surface area contributed by atoms with Crippen LogP contribution in [0.2, 0.25) is 0 Å². The van der Waals surface area contributed by atoms with Gasteiger partial charge in [-0.3, -0.25) is 5.32 Å². The molecule has 0 aromatic heterocycles. The van der Waals surface area contributed by atoms with Gasteiger partial charge in [-0.25, -0.2) is 0 Å². The maximum absolute atomic E-state index is 8.30. The third-order valence-electron chi connectivity index (χ3n) is 1.26. The van der Waals surface area contributed by atoms with E-state index in [1.54, 1.807) is 0 Å². The van der Waals surface area contributed by atoms with E-state index in [9.17, 15) is 0 Å². The maximum Gasteiger partial charge on any atom is 0.0926 e. The average Bonchev–Trinajstić information content (AvgIpc) is 2.50. The Morgan fingerprint density at radius 3 is 2.75 bits per heavy atom. The Kier molecular flexibility index (Phi) is 1.50. The standard InChI is InChI=1S/C6H10N2/c1-5(4-7)8-6-2-3-6/h5-6,8H,2-3H2,1H3. The highest BCUT2D eigenvalue weighted by molar-refractivity contribution is 4.92. The maximum atomic E-state index is 8.30. The summed E-state index contributed by atoms with van der Waals surface area (Å²) in [4.78, 5) is 0. The van der Waals surface area contributed by atoms with E-state index in [1.165, 1.54) is 12.8 Å². The number of rotatable bonds is 2. The first kappa shape index (κ1) is 5.58. The fourth-order valence-corrected chi connectivity index (χ4v) is 0.641. The summed E-state index contributed by atoms with van der Waals surface area (Å²) in [6, 6.07) is 2.83. The van der Waals surface area contributed by atoms with Crippen LogP contribution in [0.5, 0.6) is 0 Å². The molecular weight excluding hydrogens is 100 g/mol. The van der Waals surface area contributed by atoms with Gasteiger partial charge in [-0.15, -0.1) is 0 Å². The van der Waals surface area contributed by atoms with Crippen LogP contribution in [0.3, 0.4) is 0 Å². The van der Waals surface area contributed by atoms with Crippen LogP contribution in [-0.4, -0.2) is 12.1 Å². The minimum absolute atomic E-state index is 0.0440. The lowest BCUT2D eigenvalue weighted by molar-refractivity contribution is 0.638. The smallest absolute Gasteiger partial charge is 0.0926 e. The van der Waals surface area contributed by atoms with Crippen molar-refractivity contribution >= 4 is 0 Å². The molecule has 2 nitrogen and oxygen atoms in total. The molecule has 0 heterocycles. The van der Waals surface area contributed by atoms with Gasteiger partial charge in [0.15, 0.2) is 0 Å². The van der Waals surface area contributed by atoms with E-state index in [2.05, 4.69) is 11.4 Å². The minimum Gasteiger partial charge on any atom is -0.299 e. The Bertz CT molecular complexity index is 110. The number of nitrogens with zero attached hydrogens (tertiary/aromatic N) is 1. The second kappa shape index (κ2) is 2.15. The number of hydrogen-bond acceptors (Lipinski definition) is 2. The molecule has 0 saturated heterocycles. The average molecular weight is 110 g/mol. The van der Waals surface area contributed by atoms with Gasteiger partial charge in [0.05, 0.1) is 12.1 Å². The molecule has 0 bridgehead atoms. The molecule has 1 N–H and O–H groups in total. The van der Waals surface area contributed by atoms with E-state index < -0.39 is 0 Å². The molecule has 8 heavy (non-hydrogen) atoms. The lowest BCUT2D eigenvalue weighted by atomic mass is 10.4. The summed E-state index contributed by atoms with van der Waals surface area (Å²) in [5.41, 5.74) is 0. The summed E-state index contributed by atoms with van der Waals surface area (Å²) in [7, 11) is 0.